The second kappa shape index (κ2) is 5.67. The summed E-state index contributed by atoms with van der Waals surface area (Å²) >= 11 is 5.24. The van der Waals surface area contributed by atoms with Gasteiger partial charge < -0.3 is 0 Å². The highest BCUT2D eigenvalue weighted by Gasteiger charge is 2.10. The maximum atomic E-state index is 12.3. The smallest absolute Gasteiger partial charge is 0.261 e. The Morgan fingerprint density at radius 2 is 2.11 bits per heavy atom. The average Bonchev–Trinajstić information content (AvgIpc) is 2.30. The SMILES string of the molecule is CC(C)(C)SCCn1cnc2cc(Br)ccc2c1=O. The number of thioether (sulfide) groups is 1. The normalized spacial score (nSPS) is 12.0. The molecule has 102 valence electrons. The zero-order valence-corrected chi connectivity index (χ0v) is 13.7. The molecule has 1 heterocycles. The molecule has 3 nitrogen and oxygen atoms in total. The van der Waals surface area contributed by atoms with Crippen molar-refractivity contribution in [1.29, 1.82) is 0 Å². The first-order valence-electron chi connectivity index (χ1n) is 6.15. The molecule has 0 saturated carbocycles. The Morgan fingerprint density at radius 3 is 2.79 bits per heavy atom. The van der Waals surface area contributed by atoms with E-state index in [-0.39, 0.29) is 10.3 Å². The number of hydrogen-bond donors (Lipinski definition) is 0. The van der Waals surface area contributed by atoms with Crippen molar-refractivity contribution in [2.45, 2.75) is 32.1 Å². The number of aryl methyl sites for hydroxylation is 1. The van der Waals surface area contributed by atoms with E-state index in [1.54, 1.807) is 10.9 Å². The monoisotopic (exact) mass is 340 g/mol. The lowest BCUT2D eigenvalue weighted by atomic mass is 10.2. The van der Waals surface area contributed by atoms with Crippen molar-refractivity contribution in [3.8, 4) is 0 Å². The molecule has 0 fully saturated rings. The van der Waals surface area contributed by atoms with Crippen LogP contribution in [-0.4, -0.2) is 20.1 Å². The third kappa shape index (κ3) is 3.83. The molecular formula is C14H17BrN2OS. The quantitative estimate of drug-likeness (QED) is 0.854. The van der Waals surface area contributed by atoms with Crippen molar-refractivity contribution < 1.29 is 0 Å². The van der Waals surface area contributed by atoms with E-state index in [9.17, 15) is 4.79 Å². The van der Waals surface area contributed by atoms with E-state index in [1.807, 2.05) is 30.0 Å². The Kier molecular flexibility index (Phi) is 4.36. The van der Waals surface area contributed by atoms with Gasteiger partial charge >= 0.3 is 0 Å². The number of rotatable bonds is 3. The van der Waals surface area contributed by atoms with Gasteiger partial charge in [0.2, 0.25) is 0 Å². The Hall–Kier alpha value is -0.810. The van der Waals surface area contributed by atoms with Gasteiger partial charge in [-0.3, -0.25) is 9.36 Å². The summed E-state index contributed by atoms with van der Waals surface area (Å²) in [5, 5.41) is 0.673. The van der Waals surface area contributed by atoms with Crippen molar-refractivity contribution in [2.24, 2.45) is 0 Å². The van der Waals surface area contributed by atoms with Gasteiger partial charge in [-0.25, -0.2) is 4.98 Å². The number of halogens is 1. The maximum absolute atomic E-state index is 12.3. The van der Waals surface area contributed by atoms with E-state index in [2.05, 4.69) is 41.7 Å². The van der Waals surface area contributed by atoms with Gasteiger partial charge in [-0.2, -0.15) is 11.8 Å². The molecule has 0 N–H and O–H groups in total. The standard InChI is InChI=1S/C14H17BrN2OS/c1-14(2,3)19-7-6-17-9-16-12-8-10(15)4-5-11(12)13(17)18/h4-5,8-9H,6-7H2,1-3H3. The summed E-state index contributed by atoms with van der Waals surface area (Å²) in [6.45, 7) is 7.23. The fraction of sp³-hybridized carbons (Fsp3) is 0.429. The summed E-state index contributed by atoms with van der Waals surface area (Å²) in [4.78, 5) is 16.6. The lowest BCUT2D eigenvalue weighted by Gasteiger charge is -2.17. The van der Waals surface area contributed by atoms with Crippen LogP contribution in [0.5, 0.6) is 0 Å². The van der Waals surface area contributed by atoms with E-state index in [0.29, 0.717) is 11.9 Å². The molecule has 0 amide bonds. The predicted molar refractivity (Wildman–Crippen MR) is 85.9 cm³/mol. The number of fused-ring (bicyclic) bond motifs is 1. The summed E-state index contributed by atoms with van der Waals surface area (Å²) in [6.07, 6.45) is 1.64. The van der Waals surface area contributed by atoms with E-state index < -0.39 is 0 Å². The average molecular weight is 341 g/mol. The first-order valence-corrected chi connectivity index (χ1v) is 7.93. The minimum Gasteiger partial charge on any atom is -0.298 e. The highest BCUT2D eigenvalue weighted by atomic mass is 79.9. The third-order valence-corrected chi connectivity index (χ3v) is 4.40. The Morgan fingerprint density at radius 1 is 1.37 bits per heavy atom. The number of hydrogen-bond acceptors (Lipinski definition) is 3. The van der Waals surface area contributed by atoms with Gasteiger partial charge in [0, 0.05) is 21.5 Å². The molecule has 0 atom stereocenters. The van der Waals surface area contributed by atoms with E-state index in [4.69, 9.17) is 0 Å². The van der Waals surface area contributed by atoms with Gasteiger partial charge in [-0.1, -0.05) is 36.7 Å². The third-order valence-electron chi connectivity index (χ3n) is 2.65. The van der Waals surface area contributed by atoms with Gasteiger partial charge in [0.1, 0.15) is 0 Å². The number of aromatic nitrogens is 2. The molecule has 0 aliphatic rings. The molecular weight excluding hydrogens is 324 g/mol. The van der Waals surface area contributed by atoms with Crippen LogP contribution in [0, 0.1) is 0 Å². The molecule has 0 unspecified atom stereocenters. The zero-order valence-electron chi connectivity index (χ0n) is 11.3. The summed E-state index contributed by atoms with van der Waals surface area (Å²) in [6, 6.07) is 5.56. The molecule has 0 radical (unpaired) electrons. The number of nitrogens with zero attached hydrogens (tertiary/aromatic N) is 2. The lowest BCUT2D eigenvalue weighted by molar-refractivity contribution is 0.717. The second-order valence-corrected chi connectivity index (χ2v) is 8.20. The van der Waals surface area contributed by atoms with Crippen LogP contribution in [0.15, 0.2) is 33.8 Å². The molecule has 0 bridgehead atoms. The molecule has 19 heavy (non-hydrogen) atoms. The van der Waals surface area contributed by atoms with Gasteiger partial charge in [0.15, 0.2) is 0 Å². The van der Waals surface area contributed by atoms with E-state index in [1.165, 1.54) is 0 Å². The van der Waals surface area contributed by atoms with Crippen LogP contribution >= 0.6 is 27.7 Å². The molecule has 0 aliphatic heterocycles. The van der Waals surface area contributed by atoms with Crippen LogP contribution in [0.25, 0.3) is 10.9 Å². The van der Waals surface area contributed by atoms with Gasteiger partial charge in [-0.05, 0) is 18.2 Å². The Balaban J connectivity index is 2.23. The van der Waals surface area contributed by atoms with Crippen molar-refractivity contribution in [3.05, 3.63) is 39.4 Å². The molecule has 0 spiro atoms. The van der Waals surface area contributed by atoms with Crippen molar-refractivity contribution >= 4 is 38.6 Å². The van der Waals surface area contributed by atoms with Crippen molar-refractivity contribution in [2.75, 3.05) is 5.75 Å². The molecule has 1 aromatic carbocycles. The van der Waals surface area contributed by atoms with E-state index in [0.717, 1.165) is 15.7 Å². The highest BCUT2D eigenvalue weighted by Crippen LogP contribution is 2.23. The zero-order chi connectivity index (χ0) is 14.0. The molecule has 0 aliphatic carbocycles. The van der Waals surface area contributed by atoms with Gasteiger partial charge in [0.05, 0.1) is 17.2 Å². The Labute approximate surface area is 125 Å². The van der Waals surface area contributed by atoms with E-state index >= 15 is 0 Å². The fourth-order valence-corrected chi connectivity index (χ4v) is 2.99. The molecule has 0 saturated heterocycles. The fourth-order valence-electron chi connectivity index (χ4n) is 1.74. The first-order chi connectivity index (χ1) is 8.87. The molecule has 1 aromatic heterocycles. The maximum Gasteiger partial charge on any atom is 0.261 e. The second-order valence-electron chi connectivity index (χ2n) is 5.37. The van der Waals surface area contributed by atoms with Crippen molar-refractivity contribution in [1.82, 2.24) is 9.55 Å². The summed E-state index contributed by atoms with van der Waals surface area (Å²) < 4.78 is 2.85. The highest BCUT2D eigenvalue weighted by molar-refractivity contribution is 9.10. The van der Waals surface area contributed by atoms with Crippen LogP contribution in [0.3, 0.4) is 0 Å². The summed E-state index contributed by atoms with van der Waals surface area (Å²) in [5.41, 5.74) is 0.770. The first kappa shape index (κ1) is 14.6. The van der Waals surface area contributed by atoms with Gasteiger partial charge in [-0.15, -0.1) is 0 Å². The predicted octanol–water partition coefficient (Wildman–Crippen LogP) is 3.69. The molecule has 2 aromatic rings. The van der Waals surface area contributed by atoms with Crippen LogP contribution in [-0.2, 0) is 6.54 Å². The van der Waals surface area contributed by atoms with Crippen molar-refractivity contribution in [3.63, 3.8) is 0 Å². The Bertz CT molecular complexity index is 646. The minimum atomic E-state index is 0.0343. The molecule has 5 heteroatoms. The van der Waals surface area contributed by atoms with Crippen LogP contribution < -0.4 is 5.56 Å². The van der Waals surface area contributed by atoms with Gasteiger partial charge in [0.25, 0.3) is 5.56 Å². The molecule has 2 rings (SSSR count). The number of benzene rings is 1. The minimum absolute atomic E-state index is 0.0343. The lowest BCUT2D eigenvalue weighted by Crippen LogP contribution is -2.22. The topological polar surface area (TPSA) is 34.9 Å². The van der Waals surface area contributed by atoms with Crippen LogP contribution in [0.2, 0.25) is 0 Å². The largest absolute Gasteiger partial charge is 0.298 e. The van der Waals surface area contributed by atoms with Crippen LogP contribution in [0.1, 0.15) is 20.8 Å². The van der Waals surface area contributed by atoms with Crippen LogP contribution in [0.4, 0.5) is 0 Å². The summed E-state index contributed by atoms with van der Waals surface area (Å²) in [7, 11) is 0. The summed E-state index contributed by atoms with van der Waals surface area (Å²) in [5.74, 6) is 0.910.